The first kappa shape index (κ1) is 18.0. The highest BCUT2D eigenvalue weighted by Crippen LogP contribution is 2.30. The number of benzene rings is 3. The Morgan fingerprint density at radius 1 is 1.04 bits per heavy atom. The Morgan fingerprint density at radius 2 is 1.75 bits per heavy atom. The van der Waals surface area contributed by atoms with Crippen LogP contribution in [0.15, 0.2) is 66.7 Å². The van der Waals surface area contributed by atoms with Gasteiger partial charge < -0.3 is 0 Å². The lowest BCUT2D eigenvalue weighted by molar-refractivity contribution is -0.384. The molecule has 0 bridgehead atoms. The van der Waals surface area contributed by atoms with E-state index in [1.807, 2.05) is 24.3 Å². The van der Waals surface area contributed by atoms with Crippen LogP contribution in [-0.4, -0.2) is 15.7 Å². The molecule has 1 heterocycles. The highest BCUT2D eigenvalue weighted by Gasteiger charge is 2.11. The second kappa shape index (κ2) is 7.32. The standard InChI is InChI=1S/C22H16N2O3S/c1-14-2-11-21-19(12-14)23-22(28-21)17-5-3-15(4-6-17)13-20(25)16-7-9-18(10-8-16)24(26)27/h2-12H,13H2,1H3. The van der Waals surface area contributed by atoms with Gasteiger partial charge in [-0.2, -0.15) is 0 Å². The van der Waals surface area contributed by atoms with E-state index in [2.05, 4.69) is 25.1 Å². The average molecular weight is 388 g/mol. The van der Waals surface area contributed by atoms with Crippen molar-refractivity contribution in [3.05, 3.63) is 93.5 Å². The van der Waals surface area contributed by atoms with Gasteiger partial charge in [-0.05, 0) is 42.3 Å². The highest BCUT2D eigenvalue weighted by molar-refractivity contribution is 7.21. The summed E-state index contributed by atoms with van der Waals surface area (Å²) in [7, 11) is 0. The zero-order chi connectivity index (χ0) is 19.7. The molecule has 0 aliphatic heterocycles. The van der Waals surface area contributed by atoms with Crippen molar-refractivity contribution < 1.29 is 9.72 Å². The van der Waals surface area contributed by atoms with E-state index in [-0.39, 0.29) is 17.9 Å². The molecule has 0 spiro atoms. The smallest absolute Gasteiger partial charge is 0.269 e. The summed E-state index contributed by atoms with van der Waals surface area (Å²) in [6.07, 6.45) is 0.247. The topological polar surface area (TPSA) is 73.1 Å². The summed E-state index contributed by atoms with van der Waals surface area (Å²) < 4.78 is 1.15. The second-order valence-corrected chi connectivity index (χ2v) is 7.62. The van der Waals surface area contributed by atoms with E-state index in [4.69, 9.17) is 4.98 Å². The van der Waals surface area contributed by atoms with Gasteiger partial charge in [0.25, 0.3) is 5.69 Å². The maximum absolute atomic E-state index is 12.4. The van der Waals surface area contributed by atoms with Crippen molar-refractivity contribution in [1.82, 2.24) is 4.98 Å². The monoisotopic (exact) mass is 388 g/mol. The van der Waals surface area contributed by atoms with Gasteiger partial charge in [0.05, 0.1) is 15.1 Å². The fourth-order valence-electron chi connectivity index (χ4n) is 2.98. The number of non-ortho nitro benzene ring substituents is 1. The van der Waals surface area contributed by atoms with Gasteiger partial charge in [0.1, 0.15) is 5.01 Å². The fourth-order valence-corrected chi connectivity index (χ4v) is 3.93. The molecule has 5 nitrogen and oxygen atoms in total. The number of ketones is 1. The van der Waals surface area contributed by atoms with Gasteiger partial charge in [0.2, 0.25) is 0 Å². The van der Waals surface area contributed by atoms with Crippen molar-refractivity contribution in [2.45, 2.75) is 13.3 Å². The van der Waals surface area contributed by atoms with Gasteiger partial charge in [-0.25, -0.2) is 4.98 Å². The number of hydrogen-bond acceptors (Lipinski definition) is 5. The lowest BCUT2D eigenvalue weighted by Gasteiger charge is -2.03. The molecule has 4 rings (SSSR count). The summed E-state index contributed by atoms with van der Waals surface area (Å²) in [6, 6.07) is 19.7. The summed E-state index contributed by atoms with van der Waals surface area (Å²) in [5.41, 5.74) is 4.54. The minimum atomic E-state index is -0.476. The number of carbonyl (C=O) groups excluding carboxylic acids is 1. The summed E-state index contributed by atoms with van der Waals surface area (Å²) in [6.45, 7) is 2.05. The average Bonchev–Trinajstić information content (AvgIpc) is 3.11. The van der Waals surface area contributed by atoms with E-state index in [0.717, 1.165) is 26.4 Å². The lowest BCUT2D eigenvalue weighted by Crippen LogP contribution is -2.03. The van der Waals surface area contributed by atoms with Crippen LogP contribution in [0, 0.1) is 17.0 Å². The van der Waals surface area contributed by atoms with Gasteiger partial charge in [0.15, 0.2) is 5.78 Å². The number of carbonyl (C=O) groups is 1. The molecule has 1 aromatic heterocycles. The number of Topliss-reactive ketones (excluding diaryl/α,β-unsaturated/α-hetero) is 1. The number of fused-ring (bicyclic) bond motifs is 1. The number of nitro groups is 1. The van der Waals surface area contributed by atoms with Gasteiger partial charge in [-0.3, -0.25) is 14.9 Å². The van der Waals surface area contributed by atoms with Crippen LogP contribution in [0.5, 0.6) is 0 Å². The lowest BCUT2D eigenvalue weighted by atomic mass is 10.0. The van der Waals surface area contributed by atoms with E-state index < -0.39 is 4.92 Å². The van der Waals surface area contributed by atoms with Crippen molar-refractivity contribution in [1.29, 1.82) is 0 Å². The third-order valence-corrected chi connectivity index (χ3v) is 5.59. The maximum atomic E-state index is 12.4. The third-order valence-electron chi connectivity index (χ3n) is 4.51. The molecule has 0 saturated heterocycles. The first-order valence-electron chi connectivity index (χ1n) is 8.74. The predicted octanol–water partition coefficient (Wildman–Crippen LogP) is 5.61. The number of thiazole rings is 1. The van der Waals surface area contributed by atoms with Crippen molar-refractivity contribution in [2.24, 2.45) is 0 Å². The molecule has 0 radical (unpaired) electrons. The van der Waals surface area contributed by atoms with Crippen molar-refractivity contribution in [3.63, 3.8) is 0 Å². The van der Waals surface area contributed by atoms with Crippen molar-refractivity contribution >= 4 is 33.0 Å². The first-order chi connectivity index (χ1) is 13.5. The Kier molecular flexibility index (Phi) is 4.71. The zero-order valence-electron chi connectivity index (χ0n) is 15.1. The zero-order valence-corrected chi connectivity index (χ0v) is 15.9. The quantitative estimate of drug-likeness (QED) is 0.253. The molecule has 0 aliphatic carbocycles. The minimum Gasteiger partial charge on any atom is -0.294 e. The van der Waals surface area contributed by atoms with E-state index in [1.165, 1.54) is 29.8 Å². The van der Waals surface area contributed by atoms with Crippen LogP contribution in [0.3, 0.4) is 0 Å². The number of nitrogens with zero attached hydrogens (tertiary/aromatic N) is 2. The number of aryl methyl sites for hydroxylation is 1. The van der Waals surface area contributed by atoms with Crippen LogP contribution in [0.1, 0.15) is 21.5 Å². The molecule has 0 atom stereocenters. The molecule has 3 aromatic carbocycles. The van der Waals surface area contributed by atoms with Crippen LogP contribution in [0.2, 0.25) is 0 Å². The molecule has 4 aromatic rings. The van der Waals surface area contributed by atoms with Crippen molar-refractivity contribution in [2.75, 3.05) is 0 Å². The van der Waals surface area contributed by atoms with E-state index in [0.29, 0.717) is 5.56 Å². The SMILES string of the molecule is Cc1ccc2sc(-c3ccc(CC(=O)c4ccc([N+](=O)[O-])cc4)cc3)nc2c1. The maximum Gasteiger partial charge on any atom is 0.269 e. The first-order valence-corrected chi connectivity index (χ1v) is 9.55. The van der Waals surface area contributed by atoms with Crippen molar-refractivity contribution in [3.8, 4) is 10.6 Å². The summed E-state index contributed by atoms with van der Waals surface area (Å²) >= 11 is 1.65. The number of rotatable bonds is 5. The number of hydrogen-bond donors (Lipinski definition) is 0. The number of aromatic nitrogens is 1. The Balaban J connectivity index is 1.50. The molecule has 0 fully saturated rings. The molecular weight excluding hydrogens is 372 g/mol. The normalized spacial score (nSPS) is 10.9. The summed E-state index contributed by atoms with van der Waals surface area (Å²) in [4.78, 5) is 27.4. The van der Waals surface area contributed by atoms with Gasteiger partial charge >= 0.3 is 0 Å². The van der Waals surface area contributed by atoms with Gasteiger partial charge in [-0.15, -0.1) is 11.3 Å². The van der Waals surface area contributed by atoms with E-state index >= 15 is 0 Å². The van der Waals surface area contributed by atoms with Crippen LogP contribution in [0.25, 0.3) is 20.8 Å². The Labute approximate surface area is 165 Å². The van der Waals surface area contributed by atoms with Crippen LogP contribution in [-0.2, 0) is 6.42 Å². The molecule has 0 unspecified atom stereocenters. The molecule has 0 saturated carbocycles. The summed E-state index contributed by atoms with van der Waals surface area (Å²) in [5, 5.41) is 11.7. The highest BCUT2D eigenvalue weighted by atomic mass is 32.1. The predicted molar refractivity (Wildman–Crippen MR) is 111 cm³/mol. The van der Waals surface area contributed by atoms with E-state index in [9.17, 15) is 14.9 Å². The molecule has 6 heteroatoms. The van der Waals surface area contributed by atoms with Gasteiger partial charge in [-0.1, -0.05) is 30.3 Å². The fraction of sp³-hybridized carbons (Fsp3) is 0.0909. The molecule has 28 heavy (non-hydrogen) atoms. The van der Waals surface area contributed by atoms with E-state index in [1.54, 1.807) is 11.3 Å². The van der Waals surface area contributed by atoms with Gasteiger partial charge in [0, 0.05) is 29.7 Å². The van der Waals surface area contributed by atoms with Crippen LogP contribution < -0.4 is 0 Å². The minimum absolute atomic E-state index is 0.0214. The Bertz CT molecular complexity index is 1180. The third kappa shape index (κ3) is 3.68. The molecular formula is C22H16N2O3S. The molecule has 138 valence electrons. The van der Waals surface area contributed by atoms with Crippen LogP contribution in [0.4, 0.5) is 5.69 Å². The summed E-state index contributed by atoms with van der Waals surface area (Å²) in [5.74, 6) is -0.0712. The molecule has 0 N–H and O–H groups in total. The Morgan fingerprint density at radius 3 is 2.43 bits per heavy atom. The Hall–Kier alpha value is -3.38. The molecule has 0 amide bonds. The molecule has 0 aliphatic rings. The largest absolute Gasteiger partial charge is 0.294 e. The number of nitro benzene ring substituents is 1. The second-order valence-electron chi connectivity index (χ2n) is 6.59. The van der Waals surface area contributed by atoms with Crippen LogP contribution >= 0.6 is 11.3 Å².